The third-order valence-electron chi connectivity index (χ3n) is 4.11. The highest BCUT2D eigenvalue weighted by molar-refractivity contribution is 5.60. The summed E-state index contributed by atoms with van der Waals surface area (Å²) in [5, 5.41) is 15.3. The van der Waals surface area contributed by atoms with E-state index in [9.17, 15) is 0 Å². The lowest BCUT2D eigenvalue weighted by Crippen LogP contribution is -2.21. The average molecular weight is 325 g/mol. The van der Waals surface area contributed by atoms with Crippen LogP contribution in [0.5, 0.6) is 5.75 Å². The zero-order valence-corrected chi connectivity index (χ0v) is 14.3. The molecule has 0 aliphatic carbocycles. The Morgan fingerprint density at radius 1 is 1.25 bits per heavy atom. The number of nitrogens with zero attached hydrogens (tertiary/aromatic N) is 3. The molecule has 0 bridgehead atoms. The molecule has 24 heavy (non-hydrogen) atoms. The Morgan fingerprint density at radius 2 is 2.04 bits per heavy atom. The van der Waals surface area contributed by atoms with E-state index < -0.39 is 0 Å². The Morgan fingerprint density at radius 3 is 2.75 bits per heavy atom. The molecular weight excluding hydrogens is 302 g/mol. The van der Waals surface area contributed by atoms with Gasteiger partial charge in [0.25, 0.3) is 0 Å². The van der Waals surface area contributed by atoms with Gasteiger partial charge < -0.3 is 10.1 Å². The van der Waals surface area contributed by atoms with Crippen LogP contribution in [-0.2, 0) is 13.1 Å². The lowest BCUT2D eigenvalue weighted by Gasteiger charge is -2.14. The first-order valence-corrected chi connectivity index (χ1v) is 8.15. The highest BCUT2D eigenvalue weighted by atomic mass is 16.5. The third kappa shape index (κ3) is 3.49. The first-order chi connectivity index (χ1) is 11.7. The van der Waals surface area contributed by atoms with Crippen molar-refractivity contribution in [2.45, 2.75) is 33.0 Å². The molecule has 126 valence electrons. The van der Waals surface area contributed by atoms with Gasteiger partial charge in [-0.2, -0.15) is 10.2 Å². The normalized spacial score (nSPS) is 12.3. The number of methoxy groups -OCH3 is 1. The van der Waals surface area contributed by atoms with Gasteiger partial charge >= 0.3 is 0 Å². The molecule has 1 unspecified atom stereocenters. The first kappa shape index (κ1) is 16.3. The molecule has 2 heterocycles. The van der Waals surface area contributed by atoms with Crippen molar-refractivity contribution in [1.29, 1.82) is 0 Å². The molecule has 0 amide bonds. The molecule has 2 N–H and O–H groups in total. The summed E-state index contributed by atoms with van der Waals surface area (Å²) in [5.41, 5.74) is 4.23. The number of aromatic amines is 1. The van der Waals surface area contributed by atoms with Gasteiger partial charge in [0.2, 0.25) is 0 Å². The fraction of sp³-hybridized carbons (Fsp3) is 0.333. The number of H-pyrrole nitrogens is 1. The van der Waals surface area contributed by atoms with Crippen molar-refractivity contribution >= 4 is 0 Å². The second kappa shape index (κ2) is 7.31. The van der Waals surface area contributed by atoms with Gasteiger partial charge in [-0.05, 0) is 50.2 Å². The molecule has 0 spiro atoms. The minimum absolute atomic E-state index is 0.222. The van der Waals surface area contributed by atoms with Gasteiger partial charge in [-0.25, -0.2) is 0 Å². The van der Waals surface area contributed by atoms with E-state index in [0.29, 0.717) is 0 Å². The number of aryl methyl sites for hydroxylation is 1. The van der Waals surface area contributed by atoms with Gasteiger partial charge in [-0.1, -0.05) is 0 Å². The highest BCUT2D eigenvalue weighted by Gasteiger charge is 2.11. The van der Waals surface area contributed by atoms with Crippen LogP contribution < -0.4 is 10.1 Å². The van der Waals surface area contributed by atoms with E-state index in [1.165, 1.54) is 5.69 Å². The molecule has 0 aliphatic heterocycles. The summed E-state index contributed by atoms with van der Waals surface area (Å²) in [6.07, 6.45) is 1.84. The van der Waals surface area contributed by atoms with Gasteiger partial charge in [0, 0.05) is 36.6 Å². The number of hydrogen-bond acceptors (Lipinski definition) is 4. The second-order valence-corrected chi connectivity index (χ2v) is 5.68. The van der Waals surface area contributed by atoms with Crippen molar-refractivity contribution in [3.63, 3.8) is 0 Å². The SMILES string of the molecule is CCn1nccc1C(C)NCc1cc(-c2ccc(OC)cc2)n[nH]1. The average Bonchev–Trinajstić information content (AvgIpc) is 3.29. The maximum Gasteiger partial charge on any atom is 0.118 e. The van der Waals surface area contributed by atoms with E-state index in [1.54, 1.807) is 7.11 Å². The minimum Gasteiger partial charge on any atom is -0.497 e. The van der Waals surface area contributed by atoms with E-state index in [2.05, 4.69) is 46.6 Å². The van der Waals surface area contributed by atoms with Crippen molar-refractivity contribution < 1.29 is 4.74 Å². The van der Waals surface area contributed by atoms with E-state index in [4.69, 9.17) is 4.74 Å². The quantitative estimate of drug-likeness (QED) is 0.700. The van der Waals surface area contributed by atoms with E-state index >= 15 is 0 Å². The van der Waals surface area contributed by atoms with Crippen LogP contribution in [-0.4, -0.2) is 27.1 Å². The standard InChI is InChI=1S/C18H23N5O/c1-4-23-18(9-10-20-23)13(2)19-12-15-11-17(22-21-15)14-5-7-16(24-3)8-6-14/h5-11,13,19H,4,12H2,1-3H3,(H,21,22). The van der Waals surface area contributed by atoms with Crippen LogP contribution in [0.2, 0.25) is 0 Å². The summed E-state index contributed by atoms with van der Waals surface area (Å²) in [7, 11) is 1.67. The predicted octanol–water partition coefficient (Wildman–Crippen LogP) is 3.15. The number of ether oxygens (including phenoxy) is 1. The zero-order valence-electron chi connectivity index (χ0n) is 14.3. The smallest absolute Gasteiger partial charge is 0.118 e. The second-order valence-electron chi connectivity index (χ2n) is 5.68. The van der Waals surface area contributed by atoms with E-state index in [-0.39, 0.29) is 6.04 Å². The Kier molecular flexibility index (Phi) is 4.96. The summed E-state index contributed by atoms with van der Waals surface area (Å²) >= 11 is 0. The Labute approximate surface area is 141 Å². The van der Waals surface area contributed by atoms with Crippen LogP contribution >= 0.6 is 0 Å². The lowest BCUT2D eigenvalue weighted by molar-refractivity contribution is 0.415. The van der Waals surface area contributed by atoms with Crippen molar-refractivity contribution in [1.82, 2.24) is 25.3 Å². The molecule has 6 nitrogen and oxygen atoms in total. The van der Waals surface area contributed by atoms with Crippen LogP contribution in [0.4, 0.5) is 0 Å². The molecule has 3 aromatic rings. The highest BCUT2D eigenvalue weighted by Crippen LogP contribution is 2.21. The van der Waals surface area contributed by atoms with Crippen molar-refractivity contribution in [3.8, 4) is 17.0 Å². The van der Waals surface area contributed by atoms with Crippen molar-refractivity contribution in [2.24, 2.45) is 0 Å². The van der Waals surface area contributed by atoms with Gasteiger partial charge in [0.15, 0.2) is 0 Å². The van der Waals surface area contributed by atoms with Gasteiger partial charge in [-0.15, -0.1) is 0 Å². The Bertz CT molecular complexity index is 775. The number of aromatic nitrogens is 4. The Hall–Kier alpha value is -2.60. The largest absolute Gasteiger partial charge is 0.497 e. The predicted molar refractivity (Wildman–Crippen MR) is 93.7 cm³/mol. The third-order valence-corrected chi connectivity index (χ3v) is 4.11. The Balaban J connectivity index is 1.63. The van der Waals surface area contributed by atoms with Gasteiger partial charge in [0.05, 0.1) is 18.5 Å². The molecule has 1 atom stereocenters. The number of rotatable bonds is 7. The zero-order chi connectivity index (χ0) is 16.9. The van der Waals surface area contributed by atoms with Crippen molar-refractivity contribution in [3.05, 3.63) is 54.0 Å². The van der Waals surface area contributed by atoms with E-state index in [1.807, 2.05) is 35.1 Å². The van der Waals surface area contributed by atoms with Crippen LogP contribution in [0.25, 0.3) is 11.3 Å². The molecule has 0 fully saturated rings. The number of hydrogen-bond donors (Lipinski definition) is 2. The van der Waals surface area contributed by atoms with Crippen LogP contribution in [0, 0.1) is 0 Å². The lowest BCUT2D eigenvalue weighted by atomic mass is 10.1. The summed E-state index contributed by atoms with van der Waals surface area (Å²) in [4.78, 5) is 0. The fourth-order valence-corrected chi connectivity index (χ4v) is 2.70. The monoisotopic (exact) mass is 325 g/mol. The molecule has 1 aromatic carbocycles. The number of nitrogens with one attached hydrogen (secondary N) is 2. The molecule has 3 rings (SSSR count). The summed E-state index contributed by atoms with van der Waals surface area (Å²) in [6.45, 7) is 5.84. The maximum absolute atomic E-state index is 5.18. The van der Waals surface area contributed by atoms with Crippen molar-refractivity contribution in [2.75, 3.05) is 7.11 Å². The topological polar surface area (TPSA) is 67.8 Å². The molecule has 6 heteroatoms. The summed E-state index contributed by atoms with van der Waals surface area (Å²) in [6, 6.07) is 12.2. The van der Waals surface area contributed by atoms with Gasteiger partial charge in [0.1, 0.15) is 5.75 Å². The summed E-state index contributed by atoms with van der Waals surface area (Å²) in [5.74, 6) is 0.845. The van der Waals surface area contributed by atoms with E-state index in [0.717, 1.165) is 35.8 Å². The van der Waals surface area contributed by atoms with Crippen LogP contribution in [0.15, 0.2) is 42.6 Å². The van der Waals surface area contributed by atoms with Crippen LogP contribution in [0.3, 0.4) is 0 Å². The number of benzene rings is 1. The minimum atomic E-state index is 0.222. The summed E-state index contributed by atoms with van der Waals surface area (Å²) < 4.78 is 7.19. The molecule has 2 aromatic heterocycles. The maximum atomic E-state index is 5.18. The first-order valence-electron chi connectivity index (χ1n) is 8.15. The fourth-order valence-electron chi connectivity index (χ4n) is 2.70. The van der Waals surface area contributed by atoms with Crippen LogP contribution in [0.1, 0.15) is 31.3 Å². The molecule has 0 aliphatic rings. The molecule has 0 radical (unpaired) electrons. The molecular formula is C18H23N5O. The van der Waals surface area contributed by atoms with Gasteiger partial charge in [-0.3, -0.25) is 9.78 Å². The molecule has 0 saturated heterocycles. The molecule has 0 saturated carbocycles.